The fraction of sp³-hybridized carbons (Fsp3) is 0.455. The van der Waals surface area contributed by atoms with Crippen LogP contribution in [0.5, 0.6) is 0 Å². The molecule has 0 fully saturated rings. The van der Waals surface area contributed by atoms with Gasteiger partial charge in [-0.1, -0.05) is 12.2 Å². The second-order valence-electron chi connectivity index (χ2n) is 3.66. The van der Waals surface area contributed by atoms with Gasteiger partial charge >= 0.3 is 0 Å². The van der Waals surface area contributed by atoms with Gasteiger partial charge < -0.3 is 5.32 Å². The zero-order valence-corrected chi connectivity index (χ0v) is 10.6. The van der Waals surface area contributed by atoms with Crippen LogP contribution in [0, 0.1) is 0 Å². The Morgan fingerprint density at radius 2 is 2.21 bits per heavy atom. The summed E-state index contributed by atoms with van der Waals surface area (Å²) in [5, 5.41) is 5.77. The monoisotopic (exact) mass is 271 g/mol. The van der Waals surface area contributed by atoms with E-state index in [0.29, 0.717) is 12.1 Å². The molecule has 1 atom stereocenters. The molecule has 0 aliphatic heterocycles. The summed E-state index contributed by atoms with van der Waals surface area (Å²) < 4.78 is 1.23. The minimum Gasteiger partial charge on any atom is -0.306 e. The van der Waals surface area contributed by atoms with Crippen molar-refractivity contribution in [2.24, 2.45) is 0 Å². The summed E-state index contributed by atoms with van der Waals surface area (Å²) in [5.41, 5.74) is 0. The third-order valence-electron chi connectivity index (χ3n) is 2.53. The van der Waals surface area contributed by atoms with Gasteiger partial charge in [0.1, 0.15) is 0 Å². The standard InChI is InChI=1S/C11H14BrNS/c1-8(11-10(12)6-7-14-11)13-9-4-2-3-5-9/h2-3,6-9,13H,4-5H2,1H3. The Bertz CT molecular complexity index is 324. The Balaban J connectivity index is 1.95. The van der Waals surface area contributed by atoms with E-state index >= 15 is 0 Å². The molecule has 0 aromatic carbocycles. The van der Waals surface area contributed by atoms with Gasteiger partial charge in [-0.25, -0.2) is 0 Å². The Morgan fingerprint density at radius 3 is 2.79 bits per heavy atom. The SMILES string of the molecule is CC(NC1CC=CC1)c1sccc1Br. The van der Waals surface area contributed by atoms with Crippen molar-refractivity contribution in [1.82, 2.24) is 5.32 Å². The molecule has 3 heteroatoms. The van der Waals surface area contributed by atoms with E-state index < -0.39 is 0 Å². The van der Waals surface area contributed by atoms with Gasteiger partial charge in [0.15, 0.2) is 0 Å². The van der Waals surface area contributed by atoms with Crippen molar-refractivity contribution < 1.29 is 0 Å². The normalized spacial score (nSPS) is 19.0. The molecule has 1 aliphatic carbocycles. The van der Waals surface area contributed by atoms with Gasteiger partial charge in [-0.15, -0.1) is 11.3 Å². The molecule has 1 heterocycles. The largest absolute Gasteiger partial charge is 0.306 e. The average molecular weight is 272 g/mol. The van der Waals surface area contributed by atoms with Crippen LogP contribution in [-0.4, -0.2) is 6.04 Å². The van der Waals surface area contributed by atoms with Crippen molar-refractivity contribution in [3.8, 4) is 0 Å². The van der Waals surface area contributed by atoms with E-state index in [2.05, 4.69) is 51.8 Å². The van der Waals surface area contributed by atoms with Gasteiger partial charge in [0, 0.05) is 21.4 Å². The number of rotatable bonds is 3. The highest BCUT2D eigenvalue weighted by Crippen LogP contribution is 2.29. The predicted octanol–water partition coefficient (Wildman–Crippen LogP) is 3.88. The molecule has 0 radical (unpaired) electrons. The van der Waals surface area contributed by atoms with Gasteiger partial charge in [-0.2, -0.15) is 0 Å². The smallest absolute Gasteiger partial charge is 0.0399 e. The summed E-state index contributed by atoms with van der Waals surface area (Å²) in [4.78, 5) is 1.40. The van der Waals surface area contributed by atoms with Crippen LogP contribution >= 0.6 is 27.3 Å². The van der Waals surface area contributed by atoms with Gasteiger partial charge in [-0.3, -0.25) is 0 Å². The van der Waals surface area contributed by atoms with Gasteiger partial charge in [-0.05, 0) is 47.1 Å². The minimum atomic E-state index is 0.453. The molecule has 0 amide bonds. The molecule has 14 heavy (non-hydrogen) atoms. The molecule has 1 aliphatic rings. The van der Waals surface area contributed by atoms with Crippen LogP contribution in [0.15, 0.2) is 28.1 Å². The fourth-order valence-electron chi connectivity index (χ4n) is 1.80. The zero-order chi connectivity index (χ0) is 9.97. The molecule has 2 rings (SSSR count). The molecule has 1 nitrogen and oxygen atoms in total. The number of nitrogens with one attached hydrogen (secondary N) is 1. The predicted molar refractivity (Wildman–Crippen MR) is 65.7 cm³/mol. The Labute approximate surface area is 97.3 Å². The highest BCUT2D eigenvalue weighted by molar-refractivity contribution is 9.10. The lowest BCUT2D eigenvalue weighted by molar-refractivity contribution is 0.475. The van der Waals surface area contributed by atoms with E-state index in [9.17, 15) is 0 Å². The minimum absolute atomic E-state index is 0.453. The maximum Gasteiger partial charge on any atom is 0.0399 e. The molecular weight excluding hydrogens is 258 g/mol. The van der Waals surface area contributed by atoms with Crippen molar-refractivity contribution in [3.63, 3.8) is 0 Å². The highest BCUT2D eigenvalue weighted by atomic mass is 79.9. The van der Waals surface area contributed by atoms with E-state index in [1.165, 1.54) is 22.2 Å². The Kier molecular flexibility index (Phi) is 3.42. The second-order valence-corrected chi connectivity index (χ2v) is 5.46. The van der Waals surface area contributed by atoms with Crippen LogP contribution in [0.25, 0.3) is 0 Å². The number of halogens is 1. The molecule has 1 unspecified atom stereocenters. The van der Waals surface area contributed by atoms with Crippen LogP contribution in [0.3, 0.4) is 0 Å². The topological polar surface area (TPSA) is 12.0 Å². The molecule has 0 saturated heterocycles. The van der Waals surface area contributed by atoms with Crippen molar-refractivity contribution in [1.29, 1.82) is 0 Å². The van der Waals surface area contributed by atoms with E-state index in [1.54, 1.807) is 0 Å². The average Bonchev–Trinajstić information content (AvgIpc) is 2.75. The molecule has 0 spiro atoms. The highest BCUT2D eigenvalue weighted by Gasteiger charge is 2.16. The van der Waals surface area contributed by atoms with Crippen LogP contribution in [0.1, 0.15) is 30.7 Å². The Morgan fingerprint density at radius 1 is 1.50 bits per heavy atom. The third kappa shape index (κ3) is 2.27. The second kappa shape index (κ2) is 4.60. The number of thiophene rings is 1. The summed E-state index contributed by atoms with van der Waals surface area (Å²) in [7, 11) is 0. The van der Waals surface area contributed by atoms with Crippen LogP contribution < -0.4 is 5.32 Å². The van der Waals surface area contributed by atoms with Crippen molar-refractivity contribution in [2.45, 2.75) is 31.8 Å². The number of hydrogen-bond acceptors (Lipinski definition) is 2. The summed E-state index contributed by atoms with van der Waals surface area (Å²) in [5.74, 6) is 0. The molecule has 1 aromatic heterocycles. The Hall–Kier alpha value is -0.120. The van der Waals surface area contributed by atoms with Gasteiger partial charge in [0.25, 0.3) is 0 Å². The van der Waals surface area contributed by atoms with Gasteiger partial charge in [0.2, 0.25) is 0 Å². The van der Waals surface area contributed by atoms with E-state index in [1.807, 2.05) is 11.3 Å². The van der Waals surface area contributed by atoms with Crippen molar-refractivity contribution in [2.75, 3.05) is 0 Å². The molecule has 1 N–H and O–H groups in total. The van der Waals surface area contributed by atoms with E-state index in [4.69, 9.17) is 0 Å². The lowest BCUT2D eigenvalue weighted by Gasteiger charge is -2.18. The molecular formula is C11H14BrNS. The first-order valence-electron chi connectivity index (χ1n) is 4.91. The number of hydrogen-bond donors (Lipinski definition) is 1. The third-order valence-corrected chi connectivity index (χ3v) is 4.59. The lowest BCUT2D eigenvalue weighted by atomic mass is 10.2. The van der Waals surface area contributed by atoms with E-state index in [0.717, 1.165) is 0 Å². The zero-order valence-electron chi connectivity index (χ0n) is 8.16. The van der Waals surface area contributed by atoms with Crippen LogP contribution in [0.2, 0.25) is 0 Å². The summed E-state index contributed by atoms with van der Waals surface area (Å²) in [6.07, 6.45) is 6.86. The summed E-state index contributed by atoms with van der Waals surface area (Å²) in [6.45, 7) is 2.23. The summed E-state index contributed by atoms with van der Waals surface area (Å²) >= 11 is 5.38. The quantitative estimate of drug-likeness (QED) is 0.823. The fourth-order valence-corrected chi connectivity index (χ4v) is 3.53. The molecule has 0 bridgehead atoms. The van der Waals surface area contributed by atoms with Crippen molar-refractivity contribution in [3.05, 3.63) is 32.9 Å². The van der Waals surface area contributed by atoms with Crippen LogP contribution in [-0.2, 0) is 0 Å². The molecule has 76 valence electrons. The van der Waals surface area contributed by atoms with Crippen LogP contribution in [0.4, 0.5) is 0 Å². The maximum atomic E-state index is 3.64. The summed E-state index contributed by atoms with van der Waals surface area (Å²) in [6, 6.07) is 3.21. The van der Waals surface area contributed by atoms with Gasteiger partial charge in [0.05, 0.1) is 0 Å². The van der Waals surface area contributed by atoms with Crippen molar-refractivity contribution >= 4 is 27.3 Å². The van der Waals surface area contributed by atoms with E-state index in [-0.39, 0.29) is 0 Å². The lowest BCUT2D eigenvalue weighted by Crippen LogP contribution is -2.28. The molecule has 1 aromatic rings. The first-order chi connectivity index (χ1) is 6.77. The first kappa shape index (κ1) is 10.4. The maximum absolute atomic E-state index is 3.64. The first-order valence-corrected chi connectivity index (χ1v) is 6.58. The molecule has 0 saturated carbocycles.